The van der Waals surface area contributed by atoms with E-state index in [0.717, 1.165) is 31.4 Å². The van der Waals surface area contributed by atoms with Crippen molar-refractivity contribution >= 4 is 11.8 Å². The van der Waals surface area contributed by atoms with Crippen molar-refractivity contribution in [3.8, 4) is 0 Å². The van der Waals surface area contributed by atoms with E-state index in [2.05, 4.69) is 6.92 Å². The molecule has 0 saturated carbocycles. The molecule has 10 atom stereocenters. The molecule has 0 aromatic rings. The van der Waals surface area contributed by atoms with Gasteiger partial charge in [0.2, 0.25) is 0 Å². The van der Waals surface area contributed by atoms with Gasteiger partial charge in [0.1, 0.15) is 48.8 Å². The summed E-state index contributed by atoms with van der Waals surface area (Å²) in [6.07, 6.45) is -5.23. The lowest BCUT2D eigenvalue weighted by atomic mass is 9.97. The van der Waals surface area contributed by atoms with E-state index >= 15 is 0 Å². The molecule has 36 heavy (non-hydrogen) atoms. The van der Waals surface area contributed by atoms with Crippen molar-refractivity contribution in [3.63, 3.8) is 0 Å². The van der Waals surface area contributed by atoms with Gasteiger partial charge in [0.25, 0.3) is 0 Å². The lowest BCUT2D eigenvalue weighted by Gasteiger charge is -2.45. The van der Waals surface area contributed by atoms with E-state index in [9.17, 15) is 35.7 Å². The third-order valence-electron chi connectivity index (χ3n) is 6.57. The molecule has 0 aromatic carbocycles. The van der Waals surface area contributed by atoms with Crippen LogP contribution in [0.4, 0.5) is 0 Å². The topological polar surface area (TPSA) is 179 Å². The molecule has 0 unspecified atom stereocenters. The van der Waals surface area contributed by atoms with Gasteiger partial charge in [0.05, 0.1) is 13.2 Å². The molecule has 214 valence electrons. The van der Waals surface area contributed by atoms with Crippen molar-refractivity contribution in [2.75, 3.05) is 31.3 Å². The summed E-state index contributed by atoms with van der Waals surface area (Å²) < 4.78 is 22.0. The van der Waals surface area contributed by atoms with Gasteiger partial charge < -0.3 is 54.7 Å². The summed E-state index contributed by atoms with van der Waals surface area (Å²) in [6.45, 7) is 1.30. The Bertz CT molecular complexity index is 570. The van der Waals surface area contributed by atoms with Crippen LogP contribution >= 0.6 is 11.8 Å². The average molecular weight is 543 g/mol. The molecule has 0 radical (unpaired) electrons. The maximum atomic E-state index is 10.6. The first-order chi connectivity index (χ1) is 17.3. The summed E-state index contributed by atoms with van der Waals surface area (Å²) in [4.78, 5) is 0. The molecule has 2 aliphatic rings. The van der Waals surface area contributed by atoms with Crippen LogP contribution in [0.1, 0.15) is 58.3 Å². The van der Waals surface area contributed by atoms with Crippen molar-refractivity contribution in [1.29, 1.82) is 0 Å². The van der Waals surface area contributed by atoms with E-state index in [1.807, 2.05) is 11.8 Å². The maximum Gasteiger partial charge on any atom is 0.187 e. The van der Waals surface area contributed by atoms with Crippen molar-refractivity contribution in [2.24, 2.45) is 0 Å². The first-order valence-corrected chi connectivity index (χ1v) is 14.3. The Morgan fingerprint density at radius 2 is 1.22 bits per heavy atom. The van der Waals surface area contributed by atoms with E-state index in [1.54, 1.807) is 0 Å². The number of thioether (sulfide) groups is 1. The molecule has 0 bridgehead atoms. The third kappa shape index (κ3) is 9.58. The Kier molecular flexibility index (Phi) is 15.6. The predicted octanol–water partition coefficient (Wildman–Crippen LogP) is -0.499. The van der Waals surface area contributed by atoms with Crippen molar-refractivity contribution in [1.82, 2.24) is 0 Å². The van der Waals surface area contributed by atoms with Crippen LogP contribution in [0.5, 0.6) is 0 Å². The fraction of sp³-hybridized carbons (Fsp3) is 1.00. The first kappa shape index (κ1) is 32.1. The number of aliphatic hydroxyl groups is 7. The number of unbranched alkanes of at least 4 members (excludes halogenated alkanes) is 6. The molecule has 0 aromatic heterocycles. The molecule has 2 saturated heterocycles. The van der Waals surface area contributed by atoms with E-state index < -0.39 is 74.6 Å². The van der Waals surface area contributed by atoms with Crippen LogP contribution in [0.2, 0.25) is 0 Å². The van der Waals surface area contributed by atoms with Gasteiger partial charge in [-0.15, -0.1) is 0 Å². The largest absolute Gasteiger partial charge is 0.394 e. The lowest BCUT2D eigenvalue weighted by molar-refractivity contribution is -0.359. The highest BCUT2D eigenvalue weighted by molar-refractivity contribution is 7.99. The fourth-order valence-corrected chi connectivity index (χ4v) is 5.31. The number of hydrogen-bond acceptors (Lipinski definition) is 12. The SMILES string of the molecule is CCCCCCSCCCCCCO[C@@H]1O[C@H](CO)[C@@H](O[C@@H]2O[C@H](CO)[C@H](O)[C@H](O)[C@H]2O)[C@H](O)[C@H]1O. The number of aliphatic hydroxyl groups excluding tert-OH is 7. The van der Waals surface area contributed by atoms with E-state index in [0.29, 0.717) is 6.61 Å². The second kappa shape index (κ2) is 17.5. The van der Waals surface area contributed by atoms with Gasteiger partial charge in [-0.2, -0.15) is 11.8 Å². The molecule has 2 fully saturated rings. The minimum absolute atomic E-state index is 0.314. The molecule has 2 aliphatic heterocycles. The zero-order valence-corrected chi connectivity index (χ0v) is 22.0. The summed E-state index contributed by atoms with van der Waals surface area (Å²) in [7, 11) is 0. The van der Waals surface area contributed by atoms with Gasteiger partial charge in [0.15, 0.2) is 12.6 Å². The molecular formula is C24H46O11S. The van der Waals surface area contributed by atoms with Crippen LogP contribution in [-0.4, -0.2) is 128 Å². The molecule has 12 heteroatoms. The summed E-state index contributed by atoms with van der Waals surface area (Å²) in [6, 6.07) is 0. The summed E-state index contributed by atoms with van der Waals surface area (Å²) in [5, 5.41) is 70.2. The zero-order chi connectivity index (χ0) is 26.5. The third-order valence-corrected chi connectivity index (χ3v) is 7.72. The summed E-state index contributed by atoms with van der Waals surface area (Å²) in [5.41, 5.74) is 0. The lowest BCUT2D eigenvalue weighted by Crippen LogP contribution is -2.64. The molecule has 0 amide bonds. The average Bonchev–Trinajstić information content (AvgIpc) is 2.88. The van der Waals surface area contributed by atoms with Gasteiger partial charge in [-0.3, -0.25) is 0 Å². The van der Waals surface area contributed by atoms with E-state index in [1.165, 1.54) is 31.4 Å². The van der Waals surface area contributed by atoms with Gasteiger partial charge in [-0.05, 0) is 30.8 Å². The van der Waals surface area contributed by atoms with Crippen molar-refractivity contribution in [2.45, 2.75) is 120 Å². The standard InChI is InChI=1S/C24H46O11S/c1-2-3-4-8-11-36-12-9-6-5-7-10-32-23-21(31)19(29)22(16(14-26)34-23)35-24-20(30)18(28)17(27)15(13-25)33-24/h15-31H,2-14H2,1H3/t15-,16-,17+,18+,19-,20-,21-,22-,23-,24+/m1/s1. The maximum absolute atomic E-state index is 10.6. The van der Waals surface area contributed by atoms with E-state index in [4.69, 9.17) is 18.9 Å². The van der Waals surface area contributed by atoms with Crippen LogP contribution < -0.4 is 0 Å². The summed E-state index contributed by atoms with van der Waals surface area (Å²) >= 11 is 2.00. The van der Waals surface area contributed by atoms with Crippen molar-refractivity contribution < 1.29 is 54.7 Å². The van der Waals surface area contributed by atoms with Gasteiger partial charge in [-0.1, -0.05) is 39.0 Å². The number of hydrogen-bond donors (Lipinski definition) is 7. The zero-order valence-electron chi connectivity index (χ0n) is 21.1. The highest BCUT2D eigenvalue weighted by Gasteiger charge is 2.50. The Morgan fingerprint density at radius 3 is 1.86 bits per heavy atom. The number of ether oxygens (including phenoxy) is 4. The Hall–Kier alpha value is -0.0900. The number of rotatable bonds is 17. The molecule has 2 heterocycles. The second-order valence-corrected chi connectivity index (χ2v) is 10.7. The molecular weight excluding hydrogens is 496 g/mol. The van der Waals surface area contributed by atoms with Crippen LogP contribution in [0.15, 0.2) is 0 Å². The molecule has 0 spiro atoms. The van der Waals surface area contributed by atoms with Crippen molar-refractivity contribution in [3.05, 3.63) is 0 Å². The van der Waals surface area contributed by atoms with Crippen LogP contribution in [0.3, 0.4) is 0 Å². The molecule has 11 nitrogen and oxygen atoms in total. The predicted molar refractivity (Wildman–Crippen MR) is 132 cm³/mol. The second-order valence-electron chi connectivity index (χ2n) is 9.46. The molecule has 2 rings (SSSR count). The quantitative estimate of drug-likeness (QED) is 0.117. The Labute approximate surface area is 217 Å². The first-order valence-electron chi connectivity index (χ1n) is 13.1. The minimum atomic E-state index is -1.69. The highest BCUT2D eigenvalue weighted by Crippen LogP contribution is 2.29. The van der Waals surface area contributed by atoms with E-state index in [-0.39, 0.29) is 0 Å². The Balaban J connectivity index is 1.71. The molecule has 0 aliphatic carbocycles. The van der Waals surface area contributed by atoms with Crippen LogP contribution in [0, 0.1) is 0 Å². The van der Waals surface area contributed by atoms with Gasteiger partial charge >= 0.3 is 0 Å². The normalized spacial score (nSPS) is 37.3. The van der Waals surface area contributed by atoms with Crippen LogP contribution in [-0.2, 0) is 18.9 Å². The van der Waals surface area contributed by atoms with Crippen LogP contribution in [0.25, 0.3) is 0 Å². The van der Waals surface area contributed by atoms with Gasteiger partial charge in [-0.25, -0.2) is 0 Å². The minimum Gasteiger partial charge on any atom is -0.394 e. The van der Waals surface area contributed by atoms with Gasteiger partial charge in [0, 0.05) is 6.61 Å². The Morgan fingerprint density at radius 1 is 0.639 bits per heavy atom. The summed E-state index contributed by atoms with van der Waals surface area (Å²) in [5.74, 6) is 2.37. The smallest absolute Gasteiger partial charge is 0.187 e. The molecule has 7 N–H and O–H groups in total. The monoisotopic (exact) mass is 542 g/mol. The highest BCUT2D eigenvalue weighted by atomic mass is 32.2. The fourth-order valence-electron chi connectivity index (χ4n) is 4.29.